The lowest BCUT2D eigenvalue weighted by atomic mass is 10.1. The Labute approximate surface area is 116 Å². The van der Waals surface area contributed by atoms with Crippen molar-refractivity contribution in [1.82, 2.24) is 10.2 Å². The fourth-order valence-corrected chi connectivity index (χ4v) is 2.55. The summed E-state index contributed by atoms with van der Waals surface area (Å²) in [6, 6.07) is -0.353. The van der Waals surface area contributed by atoms with E-state index in [1.165, 1.54) is 0 Å². The molecule has 0 bridgehead atoms. The van der Waals surface area contributed by atoms with Gasteiger partial charge < -0.3 is 15.8 Å². The number of carbonyl (C=O) groups is 1. The van der Waals surface area contributed by atoms with Crippen LogP contribution < -0.4 is 11.1 Å². The molecule has 0 aromatic heterocycles. The van der Waals surface area contributed by atoms with Gasteiger partial charge in [-0.2, -0.15) is 0 Å². The molecule has 0 radical (unpaired) electrons. The zero-order valence-electron chi connectivity index (χ0n) is 12.5. The number of nitrogens with two attached hydrogens (primary N) is 1. The highest BCUT2D eigenvalue weighted by Gasteiger charge is 2.21. The van der Waals surface area contributed by atoms with Crippen molar-refractivity contribution in [3.8, 4) is 0 Å². The van der Waals surface area contributed by atoms with Gasteiger partial charge >= 0.3 is 0 Å². The standard InChI is InChI=1S/C14H29N3O2/c1-4-6-13(15)14(18)16-7-5-8-17-9-11(2)19-12(3)10-17/h11-13H,4-10,15H2,1-3H3,(H,16,18). The molecule has 3 unspecified atom stereocenters. The third kappa shape index (κ3) is 6.36. The van der Waals surface area contributed by atoms with Gasteiger partial charge in [0.2, 0.25) is 5.91 Å². The van der Waals surface area contributed by atoms with Crippen LogP contribution in [0.4, 0.5) is 0 Å². The molecule has 0 aliphatic carbocycles. The van der Waals surface area contributed by atoms with Crippen LogP contribution in [0.1, 0.15) is 40.0 Å². The van der Waals surface area contributed by atoms with E-state index in [-0.39, 0.29) is 11.9 Å². The van der Waals surface area contributed by atoms with E-state index < -0.39 is 0 Å². The molecule has 1 aliphatic heterocycles. The van der Waals surface area contributed by atoms with Crippen LogP contribution in [0.2, 0.25) is 0 Å². The fraction of sp³-hybridized carbons (Fsp3) is 0.929. The van der Waals surface area contributed by atoms with Crippen LogP contribution >= 0.6 is 0 Å². The van der Waals surface area contributed by atoms with E-state index in [0.29, 0.717) is 18.8 Å². The Kier molecular flexibility index (Phi) is 7.34. The number of amides is 1. The van der Waals surface area contributed by atoms with Gasteiger partial charge in [-0.25, -0.2) is 0 Å². The number of morpholine rings is 1. The van der Waals surface area contributed by atoms with Crippen molar-refractivity contribution >= 4 is 5.91 Å². The van der Waals surface area contributed by atoms with Crippen LogP contribution in [0.5, 0.6) is 0 Å². The normalized spacial score (nSPS) is 26.1. The van der Waals surface area contributed by atoms with Gasteiger partial charge in [-0.1, -0.05) is 13.3 Å². The van der Waals surface area contributed by atoms with Gasteiger partial charge in [0.05, 0.1) is 18.2 Å². The molecule has 3 N–H and O–H groups in total. The smallest absolute Gasteiger partial charge is 0.236 e. The molecular formula is C14H29N3O2. The second kappa shape index (κ2) is 8.51. The highest BCUT2D eigenvalue weighted by atomic mass is 16.5. The molecular weight excluding hydrogens is 242 g/mol. The molecule has 1 saturated heterocycles. The Bertz CT molecular complexity index is 263. The topological polar surface area (TPSA) is 67.6 Å². The summed E-state index contributed by atoms with van der Waals surface area (Å²) >= 11 is 0. The van der Waals surface area contributed by atoms with Crippen molar-refractivity contribution < 1.29 is 9.53 Å². The van der Waals surface area contributed by atoms with E-state index in [4.69, 9.17) is 10.5 Å². The Morgan fingerprint density at radius 2 is 2.05 bits per heavy atom. The first kappa shape index (κ1) is 16.4. The van der Waals surface area contributed by atoms with Crippen molar-refractivity contribution in [2.45, 2.75) is 58.3 Å². The van der Waals surface area contributed by atoms with E-state index in [1.807, 2.05) is 6.92 Å². The number of carbonyl (C=O) groups excluding carboxylic acids is 1. The van der Waals surface area contributed by atoms with Gasteiger partial charge in [-0.05, 0) is 26.7 Å². The monoisotopic (exact) mass is 271 g/mol. The van der Waals surface area contributed by atoms with Crippen molar-refractivity contribution in [3.05, 3.63) is 0 Å². The predicted molar refractivity (Wildman–Crippen MR) is 77.0 cm³/mol. The first-order valence-electron chi connectivity index (χ1n) is 7.44. The number of ether oxygens (including phenoxy) is 1. The van der Waals surface area contributed by atoms with Gasteiger partial charge in [0.1, 0.15) is 0 Å². The van der Waals surface area contributed by atoms with E-state index in [1.54, 1.807) is 0 Å². The Balaban J connectivity index is 2.11. The molecule has 5 nitrogen and oxygen atoms in total. The number of nitrogens with zero attached hydrogens (tertiary/aromatic N) is 1. The maximum absolute atomic E-state index is 11.6. The molecule has 1 amide bonds. The van der Waals surface area contributed by atoms with Crippen LogP contribution in [0.25, 0.3) is 0 Å². The summed E-state index contributed by atoms with van der Waals surface area (Å²) in [5.41, 5.74) is 5.75. The Morgan fingerprint density at radius 3 is 2.63 bits per heavy atom. The molecule has 0 spiro atoms. The first-order valence-corrected chi connectivity index (χ1v) is 7.44. The predicted octanol–water partition coefficient (Wildman–Crippen LogP) is 0.729. The Morgan fingerprint density at radius 1 is 1.42 bits per heavy atom. The third-order valence-corrected chi connectivity index (χ3v) is 3.38. The molecule has 1 rings (SSSR count). The maximum atomic E-state index is 11.6. The first-order chi connectivity index (χ1) is 9.02. The second-order valence-corrected chi connectivity index (χ2v) is 5.56. The summed E-state index contributed by atoms with van der Waals surface area (Å²) < 4.78 is 5.69. The zero-order chi connectivity index (χ0) is 14.3. The van der Waals surface area contributed by atoms with E-state index in [9.17, 15) is 4.79 Å². The number of nitrogens with one attached hydrogen (secondary N) is 1. The molecule has 19 heavy (non-hydrogen) atoms. The Hall–Kier alpha value is -0.650. The van der Waals surface area contributed by atoms with Crippen LogP contribution in [-0.2, 0) is 9.53 Å². The van der Waals surface area contributed by atoms with E-state index in [2.05, 4.69) is 24.1 Å². The van der Waals surface area contributed by atoms with Crippen LogP contribution in [0.15, 0.2) is 0 Å². The lowest BCUT2D eigenvalue weighted by molar-refractivity contribution is -0.122. The van der Waals surface area contributed by atoms with Crippen molar-refractivity contribution in [2.75, 3.05) is 26.2 Å². The van der Waals surface area contributed by atoms with Crippen molar-refractivity contribution in [1.29, 1.82) is 0 Å². The summed E-state index contributed by atoms with van der Waals surface area (Å²) in [6.07, 6.45) is 3.26. The quantitative estimate of drug-likeness (QED) is 0.670. The van der Waals surface area contributed by atoms with Gasteiger partial charge in [0.15, 0.2) is 0 Å². The zero-order valence-corrected chi connectivity index (χ0v) is 12.5. The molecule has 0 aromatic rings. The van der Waals surface area contributed by atoms with E-state index in [0.717, 1.165) is 38.9 Å². The largest absolute Gasteiger partial charge is 0.373 e. The minimum absolute atomic E-state index is 0.0226. The maximum Gasteiger partial charge on any atom is 0.236 e. The number of hydrogen-bond acceptors (Lipinski definition) is 4. The lowest BCUT2D eigenvalue weighted by Crippen LogP contribution is -2.46. The lowest BCUT2D eigenvalue weighted by Gasteiger charge is -2.35. The van der Waals surface area contributed by atoms with Crippen LogP contribution in [0, 0.1) is 0 Å². The average molecular weight is 271 g/mol. The summed E-state index contributed by atoms with van der Waals surface area (Å²) in [5, 5.41) is 2.91. The minimum Gasteiger partial charge on any atom is -0.373 e. The molecule has 112 valence electrons. The molecule has 1 heterocycles. The second-order valence-electron chi connectivity index (χ2n) is 5.56. The molecule has 3 atom stereocenters. The summed E-state index contributed by atoms with van der Waals surface area (Å²) in [7, 11) is 0. The molecule has 1 fully saturated rings. The summed E-state index contributed by atoms with van der Waals surface area (Å²) in [4.78, 5) is 14.0. The van der Waals surface area contributed by atoms with Crippen LogP contribution in [-0.4, -0.2) is 55.2 Å². The molecule has 0 aromatic carbocycles. The number of rotatable bonds is 7. The molecule has 0 saturated carbocycles. The van der Waals surface area contributed by atoms with Gasteiger partial charge in [0, 0.05) is 26.2 Å². The van der Waals surface area contributed by atoms with Crippen LogP contribution in [0.3, 0.4) is 0 Å². The SMILES string of the molecule is CCCC(N)C(=O)NCCCN1CC(C)OC(C)C1. The minimum atomic E-state index is -0.353. The summed E-state index contributed by atoms with van der Waals surface area (Å²) in [5.74, 6) is -0.0226. The highest BCUT2D eigenvalue weighted by Crippen LogP contribution is 2.10. The average Bonchev–Trinajstić information content (AvgIpc) is 2.33. The molecule has 1 aliphatic rings. The molecule has 5 heteroatoms. The third-order valence-electron chi connectivity index (χ3n) is 3.38. The number of hydrogen-bond donors (Lipinski definition) is 2. The van der Waals surface area contributed by atoms with E-state index >= 15 is 0 Å². The summed E-state index contributed by atoms with van der Waals surface area (Å²) in [6.45, 7) is 9.91. The van der Waals surface area contributed by atoms with Gasteiger partial charge in [-0.15, -0.1) is 0 Å². The van der Waals surface area contributed by atoms with Crippen molar-refractivity contribution in [2.24, 2.45) is 5.73 Å². The van der Waals surface area contributed by atoms with Crippen molar-refractivity contribution in [3.63, 3.8) is 0 Å². The fourth-order valence-electron chi connectivity index (χ4n) is 2.55. The van der Waals surface area contributed by atoms with Gasteiger partial charge in [-0.3, -0.25) is 9.69 Å². The van der Waals surface area contributed by atoms with Gasteiger partial charge in [0.25, 0.3) is 0 Å². The highest BCUT2D eigenvalue weighted by molar-refractivity contribution is 5.81.